The minimum Gasteiger partial charge on any atom is -0.494 e. The fraction of sp³-hybridized carbons (Fsp3) is 0.632. The highest BCUT2D eigenvalue weighted by molar-refractivity contribution is 5.67. The van der Waals surface area contributed by atoms with Gasteiger partial charge in [-0.3, -0.25) is 9.69 Å². The molecule has 0 radical (unpaired) electrons. The summed E-state index contributed by atoms with van der Waals surface area (Å²) in [5.41, 5.74) is 3.63. The first-order valence-corrected chi connectivity index (χ1v) is 8.72. The fourth-order valence-corrected chi connectivity index (χ4v) is 3.15. The second kappa shape index (κ2) is 8.49. The Morgan fingerprint density at radius 2 is 2.21 bits per heavy atom. The number of carboxylic acid groups (broad SMARTS) is 1. The van der Waals surface area contributed by atoms with Crippen LogP contribution < -0.4 is 4.74 Å². The van der Waals surface area contributed by atoms with Crippen molar-refractivity contribution in [2.75, 3.05) is 26.4 Å². The van der Waals surface area contributed by atoms with Crippen molar-refractivity contribution in [2.24, 2.45) is 0 Å². The maximum Gasteiger partial charge on any atom is 0.305 e. The van der Waals surface area contributed by atoms with E-state index in [0.717, 1.165) is 18.8 Å². The Morgan fingerprint density at radius 1 is 1.46 bits per heavy atom. The van der Waals surface area contributed by atoms with Crippen molar-refractivity contribution in [3.8, 4) is 5.75 Å². The number of nitrogens with zero attached hydrogens (tertiary/aromatic N) is 1. The van der Waals surface area contributed by atoms with Crippen molar-refractivity contribution >= 4 is 5.97 Å². The molecular weight excluding hydrogens is 306 g/mol. The molecule has 1 N–H and O–H groups in total. The first-order valence-electron chi connectivity index (χ1n) is 8.72. The third kappa shape index (κ3) is 4.71. The van der Waals surface area contributed by atoms with E-state index in [2.05, 4.69) is 37.8 Å². The predicted octanol–water partition coefficient (Wildman–Crippen LogP) is 3.19. The lowest BCUT2D eigenvalue weighted by molar-refractivity contribution is -0.140. The molecule has 0 aromatic heterocycles. The molecule has 134 valence electrons. The van der Waals surface area contributed by atoms with Crippen LogP contribution in [0.2, 0.25) is 0 Å². The summed E-state index contributed by atoms with van der Waals surface area (Å²) in [5.74, 6) is 0.560. The topological polar surface area (TPSA) is 59.0 Å². The summed E-state index contributed by atoms with van der Waals surface area (Å²) >= 11 is 0. The highest BCUT2D eigenvalue weighted by Gasteiger charge is 2.26. The first-order chi connectivity index (χ1) is 11.4. The molecular formula is C19H29NO4. The van der Waals surface area contributed by atoms with Gasteiger partial charge in [-0.1, -0.05) is 19.9 Å². The highest BCUT2D eigenvalue weighted by atomic mass is 16.5. The predicted molar refractivity (Wildman–Crippen MR) is 93.7 cm³/mol. The van der Waals surface area contributed by atoms with E-state index in [4.69, 9.17) is 14.6 Å². The molecule has 5 nitrogen and oxygen atoms in total. The Morgan fingerprint density at radius 3 is 2.83 bits per heavy atom. The average molecular weight is 335 g/mol. The standard InChI is InChI=1S/C19H29NO4/c1-5-24-18-8-14(4)15(9-17(18)13(2)3)11-20-6-7-23-12-16(20)10-19(21)22/h8-9,13,16H,5-7,10-12H2,1-4H3,(H,21,22). The summed E-state index contributed by atoms with van der Waals surface area (Å²) in [6.07, 6.45) is 0.118. The lowest BCUT2D eigenvalue weighted by atomic mass is 9.95. The zero-order chi connectivity index (χ0) is 17.7. The minimum atomic E-state index is -0.776. The maximum atomic E-state index is 11.1. The molecule has 1 heterocycles. The van der Waals surface area contributed by atoms with Crippen molar-refractivity contribution in [3.63, 3.8) is 0 Å². The summed E-state index contributed by atoms with van der Waals surface area (Å²) in [7, 11) is 0. The van der Waals surface area contributed by atoms with E-state index >= 15 is 0 Å². The monoisotopic (exact) mass is 335 g/mol. The van der Waals surface area contributed by atoms with E-state index in [9.17, 15) is 4.79 Å². The van der Waals surface area contributed by atoms with Crippen LogP contribution in [0, 0.1) is 6.92 Å². The van der Waals surface area contributed by atoms with Crippen LogP contribution in [0.3, 0.4) is 0 Å². The van der Waals surface area contributed by atoms with Gasteiger partial charge in [-0.25, -0.2) is 0 Å². The van der Waals surface area contributed by atoms with Crippen molar-refractivity contribution < 1.29 is 19.4 Å². The van der Waals surface area contributed by atoms with Crippen LogP contribution in [0.5, 0.6) is 5.75 Å². The molecule has 0 aliphatic carbocycles. The van der Waals surface area contributed by atoms with E-state index in [1.165, 1.54) is 16.7 Å². The molecule has 1 unspecified atom stereocenters. The van der Waals surface area contributed by atoms with E-state index < -0.39 is 5.97 Å². The maximum absolute atomic E-state index is 11.1. The number of benzene rings is 1. The number of hydrogen-bond acceptors (Lipinski definition) is 4. The summed E-state index contributed by atoms with van der Waals surface area (Å²) in [5, 5.41) is 9.12. The molecule has 0 bridgehead atoms. The summed E-state index contributed by atoms with van der Waals surface area (Å²) in [4.78, 5) is 13.3. The Hall–Kier alpha value is -1.59. The van der Waals surface area contributed by atoms with Gasteiger partial charge in [0.15, 0.2) is 0 Å². The van der Waals surface area contributed by atoms with Gasteiger partial charge < -0.3 is 14.6 Å². The number of ether oxygens (including phenoxy) is 2. The molecule has 1 fully saturated rings. The Kier molecular flexibility index (Phi) is 6.63. The first kappa shape index (κ1) is 18.7. The summed E-state index contributed by atoms with van der Waals surface area (Å²) in [6, 6.07) is 4.27. The van der Waals surface area contributed by atoms with Crippen LogP contribution in [-0.4, -0.2) is 48.4 Å². The zero-order valence-corrected chi connectivity index (χ0v) is 15.2. The van der Waals surface area contributed by atoms with Gasteiger partial charge in [0.1, 0.15) is 5.75 Å². The van der Waals surface area contributed by atoms with Crippen molar-refractivity contribution in [3.05, 3.63) is 28.8 Å². The molecule has 2 rings (SSSR count). The lowest BCUT2D eigenvalue weighted by Gasteiger charge is -2.35. The van der Waals surface area contributed by atoms with E-state index in [0.29, 0.717) is 25.7 Å². The highest BCUT2D eigenvalue weighted by Crippen LogP contribution is 2.31. The van der Waals surface area contributed by atoms with Crippen molar-refractivity contribution in [1.29, 1.82) is 0 Å². The van der Waals surface area contributed by atoms with Crippen LogP contribution in [-0.2, 0) is 16.1 Å². The second-order valence-electron chi connectivity index (χ2n) is 6.70. The summed E-state index contributed by atoms with van der Waals surface area (Å²) < 4.78 is 11.3. The number of morpholine rings is 1. The van der Waals surface area contributed by atoms with Crippen LogP contribution in [0.15, 0.2) is 12.1 Å². The van der Waals surface area contributed by atoms with Crippen LogP contribution >= 0.6 is 0 Å². The molecule has 1 aromatic rings. The number of hydrogen-bond donors (Lipinski definition) is 1. The Bertz CT molecular complexity index is 571. The molecule has 0 amide bonds. The zero-order valence-electron chi connectivity index (χ0n) is 15.2. The molecule has 1 aliphatic rings. The normalized spacial score (nSPS) is 18.8. The smallest absolute Gasteiger partial charge is 0.305 e. The molecule has 1 aliphatic heterocycles. The van der Waals surface area contributed by atoms with Gasteiger partial charge in [-0.05, 0) is 42.5 Å². The number of carbonyl (C=O) groups is 1. The van der Waals surface area contributed by atoms with Crippen LogP contribution in [0.4, 0.5) is 0 Å². The molecule has 1 atom stereocenters. The van der Waals surface area contributed by atoms with Gasteiger partial charge in [0, 0.05) is 19.1 Å². The van der Waals surface area contributed by atoms with Crippen LogP contribution in [0.25, 0.3) is 0 Å². The summed E-state index contributed by atoms with van der Waals surface area (Å²) in [6.45, 7) is 11.7. The Labute approximate surface area is 144 Å². The van der Waals surface area contributed by atoms with E-state index in [-0.39, 0.29) is 12.5 Å². The second-order valence-corrected chi connectivity index (χ2v) is 6.70. The molecule has 1 saturated heterocycles. The SMILES string of the molecule is CCOc1cc(C)c(CN2CCOCC2CC(=O)O)cc1C(C)C. The molecule has 0 saturated carbocycles. The molecule has 5 heteroatoms. The Balaban J connectivity index is 2.24. The van der Waals surface area contributed by atoms with Gasteiger partial charge in [-0.2, -0.15) is 0 Å². The van der Waals surface area contributed by atoms with Crippen molar-refractivity contribution in [1.82, 2.24) is 4.90 Å². The van der Waals surface area contributed by atoms with E-state index in [1.807, 2.05) is 6.92 Å². The third-order valence-electron chi connectivity index (χ3n) is 4.52. The number of carboxylic acids is 1. The lowest BCUT2D eigenvalue weighted by Crippen LogP contribution is -2.46. The quantitative estimate of drug-likeness (QED) is 0.829. The average Bonchev–Trinajstić information content (AvgIpc) is 2.51. The van der Waals surface area contributed by atoms with Crippen molar-refractivity contribution in [2.45, 2.75) is 52.6 Å². The minimum absolute atomic E-state index is 0.0651. The molecule has 24 heavy (non-hydrogen) atoms. The van der Waals surface area contributed by atoms with Gasteiger partial charge in [0.05, 0.1) is 26.2 Å². The number of aryl methyl sites for hydroxylation is 1. The molecule has 1 aromatic carbocycles. The molecule has 0 spiro atoms. The van der Waals surface area contributed by atoms with Gasteiger partial charge in [-0.15, -0.1) is 0 Å². The van der Waals surface area contributed by atoms with Crippen LogP contribution in [0.1, 0.15) is 49.8 Å². The van der Waals surface area contributed by atoms with Gasteiger partial charge in [0.2, 0.25) is 0 Å². The van der Waals surface area contributed by atoms with Gasteiger partial charge >= 0.3 is 5.97 Å². The fourth-order valence-electron chi connectivity index (χ4n) is 3.15. The number of rotatable bonds is 7. The van der Waals surface area contributed by atoms with Gasteiger partial charge in [0.25, 0.3) is 0 Å². The largest absolute Gasteiger partial charge is 0.494 e. The third-order valence-corrected chi connectivity index (χ3v) is 4.52. The van der Waals surface area contributed by atoms with E-state index in [1.54, 1.807) is 0 Å². The number of aliphatic carboxylic acids is 1.